The van der Waals surface area contributed by atoms with E-state index in [-0.39, 0.29) is 23.4 Å². The lowest BCUT2D eigenvalue weighted by atomic mass is 9.89. The second-order valence-corrected chi connectivity index (χ2v) is 11.5. The van der Waals surface area contributed by atoms with Gasteiger partial charge in [0, 0.05) is 6.07 Å². The molecule has 1 amide bonds. The maximum absolute atomic E-state index is 13.9. The van der Waals surface area contributed by atoms with Gasteiger partial charge in [0.25, 0.3) is 10.0 Å². The van der Waals surface area contributed by atoms with E-state index < -0.39 is 10.0 Å². The van der Waals surface area contributed by atoms with Gasteiger partial charge in [-0.05, 0) is 80.0 Å². The van der Waals surface area contributed by atoms with E-state index in [2.05, 4.69) is 23.5 Å². The Balaban J connectivity index is 1.62. The van der Waals surface area contributed by atoms with Gasteiger partial charge in [-0.25, -0.2) is 8.42 Å². The number of ether oxygens (including phenoxy) is 2. The molecule has 0 saturated carbocycles. The Labute approximate surface area is 225 Å². The number of amides is 1. The molecule has 4 rings (SSSR count). The van der Waals surface area contributed by atoms with Crippen molar-refractivity contribution in [3.63, 3.8) is 0 Å². The number of fused-ring (bicyclic) bond motifs is 1. The SMILES string of the molecule is CC[C@@H](NC(=O)CN(c1ccc(C)cc1)S(=O)(=O)c1ccc(OC)c(OC)c1)c1ccc2c(c1)CCCC2. The highest BCUT2D eigenvalue weighted by Gasteiger charge is 2.29. The Hall–Kier alpha value is -3.52. The maximum Gasteiger partial charge on any atom is 0.264 e. The summed E-state index contributed by atoms with van der Waals surface area (Å²) < 4.78 is 39.4. The lowest BCUT2D eigenvalue weighted by molar-refractivity contribution is -0.120. The van der Waals surface area contributed by atoms with E-state index in [0.29, 0.717) is 23.6 Å². The van der Waals surface area contributed by atoms with E-state index in [1.54, 1.807) is 18.2 Å². The molecule has 7 nitrogen and oxygen atoms in total. The molecule has 0 aliphatic heterocycles. The quantitative estimate of drug-likeness (QED) is 0.377. The molecule has 202 valence electrons. The zero-order chi connectivity index (χ0) is 27.3. The van der Waals surface area contributed by atoms with Crippen LogP contribution in [0.25, 0.3) is 0 Å². The highest BCUT2D eigenvalue weighted by molar-refractivity contribution is 7.92. The molecular weight excluding hydrogens is 500 g/mol. The van der Waals surface area contributed by atoms with Crippen molar-refractivity contribution in [1.29, 1.82) is 0 Å². The standard InChI is InChI=1S/C30H36N2O5S/c1-5-27(24-13-12-22-8-6-7-9-23(22)18-24)31-30(33)20-32(25-14-10-21(2)11-15-25)38(34,35)26-16-17-28(36-3)29(19-26)37-4/h10-19,27H,5-9,20H2,1-4H3,(H,31,33)/t27-/m1/s1. The molecule has 38 heavy (non-hydrogen) atoms. The molecular formula is C30H36N2O5S. The number of methoxy groups -OCH3 is 2. The Morgan fingerprint density at radius 2 is 1.61 bits per heavy atom. The van der Waals surface area contributed by atoms with Crippen LogP contribution in [0.1, 0.15) is 54.5 Å². The topological polar surface area (TPSA) is 84.9 Å². The van der Waals surface area contributed by atoms with Crippen molar-refractivity contribution in [1.82, 2.24) is 5.32 Å². The predicted octanol–water partition coefficient (Wildman–Crippen LogP) is 5.35. The van der Waals surface area contributed by atoms with Gasteiger partial charge in [-0.15, -0.1) is 0 Å². The number of hydrogen-bond acceptors (Lipinski definition) is 5. The van der Waals surface area contributed by atoms with Crippen LogP contribution in [-0.2, 0) is 27.7 Å². The molecule has 0 radical (unpaired) electrons. The lowest BCUT2D eigenvalue weighted by Gasteiger charge is -2.26. The summed E-state index contributed by atoms with van der Waals surface area (Å²) in [6, 6.07) is 17.7. The van der Waals surface area contributed by atoms with Crippen molar-refractivity contribution in [3.8, 4) is 11.5 Å². The van der Waals surface area contributed by atoms with E-state index >= 15 is 0 Å². The first-order chi connectivity index (χ1) is 18.3. The Morgan fingerprint density at radius 3 is 2.26 bits per heavy atom. The van der Waals surface area contributed by atoms with Crippen molar-refractivity contribution < 1.29 is 22.7 Å². The second kappa shape index (κ2) is 11.9. The van der Waals surface area contributed by atoms with E-state index in [4.69, 9.17) is 9.47 Å². The van der Waals surface area contributed by atoms with Crippen LogP contribution in [-0.4, -0.2) is 35.1 Å². The van der Waals surface area contributed by atoms with Crippen molar-refractivity contribution in [3.05, 3.63) is 82.9 Å². The maximum atomic E-state index is 13.9. The fraction of sp³-hybridized carbons (Fsp3) is 0.367. The van der Waals surface area contributed by atoms with Crippen molar-refractivity contribution in [2.45, 2.75) is 56.9 Å². The minimum atomic E-state index is -4.10. The first-order valence-corrected chi connectivity index (χ1v) is 14.4. The monoisotopic (exact) mass is 536 g/mol. The van der Waals surface area contributed by atoms with Crippen LogP contribution in [0.5, 0.6) is 11.5 Å². The number of carbonyl (C=O) groups excluding carboxylic acids is 1. The summed E-state index contributed by atoms with van der Waals surface area (Å²) in [5.74, 6) is 0.335. The number of sulfonamides is 1. The molecule has 3 aromatic rings. The molecule has 0 unspecified atom stereocenters. The third kappa shape index (κ3) is 5.96. The van der Waals surface area contributed by atoms with E-state index in [0.717, 1.165) is 28.3 Å². The molecule has 1 N–H and O–H groups in total. The fourth-order valence-corrected chi connectivity index (χ4v) is 6.33. The van der Waals surface area contributed by atoms with Crippen LogP contribution >= 0.6 is 0 Å². The number of aryl methyl sites for hydroxylation is 3. The minimum Gasteiger partial charge on any atom is -0.493 e. The molecule has 0 fully saturated rings. The van der Waals surface area contributed by atoms with Crippen LogP contribution in [0.4, 0.5) is 5.69 Å². The van der Waals surface area contributed by atoms with Crippen LogP contribution in [0.3, 0.4) is 0 Å². The number of nitrogens with one attached hydrogen (secondary N) is 1. The smallest absolute Gasteiger partial charge is 0.264 e. The summed E-state index contributed by atoms with van der Waals surface area (Å²) in [4.78, 5) is 13.4. The molecule has 1 atom stereocenters. The summed E-state index contributed by atoms with van der Waals surface area (Å²) in [5.41, 5.74) is 5.17. The summed E-state index contributed by atoms with van der Waals surface area (Å²) in [7, 11) is -1.16. The molecule has 0 bridgehead atoms. The van der Waals surface area contributed by atoms with Gasteiger partial charge in [-0.2, -0.15) is 0 Å². The minimum absolute atomic E-state index is 0.00486. The molecule has 0 heterocycles. The lowest BCUT2D eigenvalue weighted by Crippen LogP contribution is -2.42. The van der Waals surface area contributed by atoms with Gasteiger partial charge < -0.3 is 14.8 Å². The molecule has 8 heteroatoms. The third-order valence-electron chi connectivity index (χ3n) is 7.07. The summed E-state index contributed by atoms with van der Waals surface area (Å²) >= 11 is 0. The van der Waals surface area contributed by atoms with E-state index in [1.807, 2.05) is 26.0 Å². The van der Waals surface area contributed by atoms with Crippen molar-refractivity contribution in [2.24, 2.45) is 0 Å². The van der Waals surface area contributed by atoms with Gasteiger partial charge in [0.05, 0.1) is 30.8 Å². The van der Waals surface area contributed by atoms with Crippen LogP contribution < -0.4 is 19.1 Å². The molecule has 0 saturated heterocycles. The van der Waals surface area contributed by atoms with Gasteiger partial charge in [-0.1, -0.05) is 42.8 Å². The van der Waals surface area contributed by atoms with Crippen molar-refractivity contribution >= 4 is 21.6 Å². The Morgan fingerprint density at radius 1 is 0.921 bits per heavy atom. The van der Waals surface area contributed by atoms with Crippen LogP contribution in [0.2, 0.25) is 0 Å². The number of carbonyl (C=O) groups is 1. The predicted molar refractivity (Wildman–Crippen MR) is 150 cm³/mol. The van der Waals surface area contributed by atoms with Gasteiger partial charge in [0.1, 0.15) is 6.54 Å². The Bertz CT molecular complexity index is 1390. The van der Waals surface area contributed by atoms with Crippen molar-refractivity contribution in [2.75, 3.05) is 25.1 Å². The van der Waals surface area contributed by atoms with Gasteiger partial charge in [0.15, 0.2) is 11.5 Å². The van der Waals surface area contributed by atoms with Crippen LogP contribution in [0, 0.1) is 6.92 Å². The first kappa shape index (κ1) is 27.5. The van der Waals surface area contributed by atoms with Crippen LogP contribution in [0.15, 0.2) is 65.6 Å². The average Bonchev–Trinajstić information content (AvgIpc) is 2.94. The number of hydrogen-bond donors (Lipinski definition) is 1. The third-order valence-corrected chi connectivity index (χ3v) is 8.84. The molecule has 1 aliphatic carbocycles. The second-order valence-electron chi connectivity index (χ2n) is 9.63. The van der Waals surface area contributed by atoms with Gasteiger partial charge in [-0.3, -0.25) is 9.10 Å². The fourth-order valence-electron chi connectivity index (χ4n) is 4.89. The van der Waals surface area contributed by atoms with Gasteiger partial charge >= 0.3 is 0 Å². The largest absolute Gasteiger partial charge is 0.493 e. The van der Waals surface area contributed by atoms with E-state index in [1.165, 1.54) is 50.3 Å². The number of rotatable bonds is 10. The highest BCUT2D eigenvalue weighted by Crippen LogP contribution is 2.32. The summed E-state index contributed by atoms with van der Waals surface area (Å²) in [5, 5.41) is 3.08. The number of benzene rings is 3. The zero-order valence-corrected chi connectivity index (χ0v) is 23.3. The van der Waals surface area contributed by atoms with E-state index in [9.17, 15) is 13.2 Å². The first-order valence-electron chi connectivity index (χ1n) is 13.0. The highest BCUT2D eigenvalue weighted by atomic mass is 32.2. The average molecular weight is 537 g/mol. The molecule has 0 aromatic heterocycles. The number of anilines is 1. The summed E-state index contributed by atoms with van der Waals surface area (Å²) in [6.45, 7) is 3.58. The van der Waals surface area contributed by atoms with Gasteiger partial charge in [0.2, 0.25) is 5.91 Å². The summed E-state index contributed by atoms with van der Waals surface area (Å²) in [6.07, 6.45) is 5.23. The molecule has 0 spiro atoms. The zero-order valence-electron chi connectivity index (χ0n) is 22.5. The normalized spacial score (nSPS) is 13.8. The number of nitrogens with zero attached hydrogens (tertiary/aromatic N) is 1. The molecule has 3 aromatic carbocycles. The molecule has 1 aliphatic rings. The Kier molecular flexibility index (Phi) is 8.62.